The Morgan fingerprint density at radius 3 is 1.47 bits per heavy atom. The Balaban J connectivity index is 0.932. The van der Waals surface area contributed by atoms with Crippen molar-refractivity contribution < 1.29 is 8.81 Å². The molecular weight excluding hydrogens is 880 g/mol. The summed E-state index contributed by atoms with van der Waals surface area (Å²) in [5.74, 6) is -0.326. The van der Waals surface area contributed by atoms with Gasteiger partial charge in [0.05, 0.1) is 17.1 Å². The molecule has 0 saturated heterocycles. The van der Waals surface area contributed by atoms with Crippen molar-refractivity contribution in [2.24, 2.45) is 0 Å². The van der Waals surface area contributed by atoms with E-state index in [1.807, 2.05) is 95.9 Å². The summed E-state index contributed by atoms with van der Waals surface area (Å²) in [6, 6.07) is 94.1. The minimum absolute atomic E-state index is 0.326. The zero-order valence-corrected chi connectivity index (χ0v) is 39.2. The van der Waals surface area contributed by atoms with Gasteiger partial charge >= 0.3 is 0 Å². The molecule has 0 atom stereocenters. The number of rotatable bonds is 10. The molecule has 0 N–H and O–H groups in total. The van der Waals surface area contributed by atoms with Crippen LogP contribution in [0.2, 0.25) is 0 Å². The number of furan rings is 1. The van der Waals surface area contributed by atoms with Gasteiger partial charge in [-0.2, -0.15) is 0 Å². The third kappa shape index (κ3) is 7.54. The van der Waals surface area contributed by atoms with Gasteiger partial charge in [0.15, 0.2) is 0 Å². The fourth-order valence-electron chi connectivity index (χ4n) is 10.5. The molecule has 340 valence electrons. The van der Waals surface area contributed by atoms with Crippen LogP contribution in [0.1, 0.15) is 0 Å². The average molecular weight is 925 g/mol. The molecule has 0 unspecified atom stereocenters. The lowest BCUT2D eigenvalue weighted by Gasteiger charge is -2.28. The first-order valence-corrected chi connectivity index (χ1v) is 24.3. The van der Waals surface area contributed by atoms with E-state index in [9.17, 15) is 0 Å². The molecule has 0 bridgehead atoms. The largest absolute Gasteiger partial charge is 0.455 e. The van der Waals surface area contributed by atoms with E-state index in [-0.39, 0.29) is 5.82 Å². The second-order valence-corrected chi connectivity index (χ2v) is 18.2. The lowest BCUT2D eigenvalue weighted by Crippen LogP contribution is -2.13. The molecule has 13 aromatic rings. The minimum atomic E-state index is -0.326. The monoisotopic (exact) mass is 924 g/mol. The van der Waals surface area contributed by atoms with Crippen LogP contribution in [0.5, 0.6) is 0 Å². The molecular formula is C68H45FN2O. The van der Waals surface area contributed by atoms with E-state index in [1.165, 1.54) is 5.56 Å². The van der Waals surface area contributed by atoms with E-state index in [2.05, 4.69) is 181 Å². The van der Waals surface area contributed by atoms with Crippen molar-refractivity contribution in [3.05, 3.63) is 279 Å². The highest BCUT2D eigenvalue weighted by molar-refractivity contribution is 6.30. The third-order valence-corrected chi connectivity index (χ3v) is 13.9. The van der Waals surface area contributed by atoms with Crippen LogP contribution in [0.4, 0.5) is 38.5 Å². The molecule has 12 aromatic carbocycles. The summed E-state index contributed by atoms with van der Waals surface area (Å²) in [5, 5.41) is 6.46. The number of hydrogen-bond donors (Lipinski definition) is 0. The van der Waals surface area contributed by atoms with E-state index < -0.39 is 0 Å². The van der Waals surface area contributed by atoms with Crippen molar-refractivity contribution in [1.29, 1.82) is 0 Å². The summed E-state index contributed by atoms with van der Waals surface area (Å²) in [4.78, 5) is 4.36. The maximum absolute atomic E-state index is 17.3. The molecule has 0 aliphatic heterocycles. The van der Waals surface area contributed by atoms with Crippen LogP contribution in [-0.4, -0.2) is 0 Å². The van der Waals surface area contributed by atoms with Crippen LogP contribution < -0.4 is 9.80 Å². The molecule has 0 amide bonds. The zero-order valence-electron chi connectivity index (χ0n) is 39.2. The van der Waals surface area contributed by atoms with Crippen LogP contribution in [-0.2, 0) is 0 Å². The van der Waals surface area contributed by atoms with Gasteiger partial charge in [0, 0.05) is 50.4 Å². The maximum Gasteiger partial charge on any atom is 0.148 e. The summed E-state index contributed by atoms with van der Waals surface area (Å²) in [6.45, 7) is 0. The number of para-hydroxylation sites is 3. The summed E-state index contributed by atoms with van der Waals surface area (Å²) >= 11 is 0. The molecule has 4 heteroatoms. The Labute approximate surface area is 417 Å². The highest BCUT2D eigenvalue weighted by Crippen LogP contribution is 2.48. The molecule has 3 nitrogen and oxygen atoms in total. The molecule has 0 saturated carbocycles. The molecule has 0 spiro atoms. The SMILES string of the molecule is Fc1cc(-c2ccccc2)cc(-c2ccccc2)c1N(c1ccccc1)c1ccc2c(c1)oc1c3ccc(-c4ccc(N(c5ccccc5)c5ccccc5-c5ccccc5)cc4)cc3c3ccccc3c21. The van der Waals surface area contributed by atoms with Gasteiger partial charge < -0.3 is 14.2 Å². The first-order chi connectivity index (χ1) is 35.6. The Bertz CT molecular complexity index is 4080. The van der Waals surface area contributed by atoms with Gasteiger partial charge in [-0.15, -0.1) is 0 Å². The Morgan fingerprint density at radius 2 is 0.792 bits per heavy atom. The predicted octanol–water partition coefficient (Wildman–Crippen LogP) is 19.6. The lowest BCUT2D eigenvalue weighted by atomic mass is 9.94. The molecule has 1 heterocycles. The van der Waals surface area contributed by atoms with E-state index in [0.717, 1.165) is 111 Å². The normalized spacial score (nSPS) is 11.4. The number of benzene rings is 12. The average Bonchev–Trinajstić information content (AvgIpc) is 3.85. The number of anilines is 6. The smallest absolute Gasteiger partial charge is 0.148 e. The van der Waals surface area contributed by atoms with E-state index in [0.29, 0.717) is 5.69 Å². The second kappa shape index (κ2) is 18.1. The first kappa shape index (κ1) is 42.6. The first-order valence-electron chi connectivity index (χ1n) is 24.3. The van der Waals surface area contributed by atoms with Crippen LogP contribution in [0.3, 0.4) is 0 Å². The molecule has 72 heavy (non-hydrogen) atoms. The third-order valence-electron chi connectivity index (χ3n) is 13.9. The molecule has 1 aromatic heterocycles. The number of hydrogen-bond acceptors (Lipinski definition) is 3. The highest BCUT2D eigenvalue weighted by atomic mass is 19.1. The van der Waals surface area contributed by atoms with Crippen LogP contribution in [0.25, 0.3) is 88.0 Å². The van der Waals surface area contributed by atoms with Crippen molar-refractivity contribution in [2.75, 3.05) is 9.80 Å². The molecule has 0 fully saturated rings. The molecule has 13 rings (SSSR count). The van der Waals surface area contributed by atoms with E-state index in [1.54, 1.807) is 6.07 Å². The summed E-state index contributed by atoms with van der Waals surface area (Å²) < 4.78 is 24.3. The molecule has 0 aliphatic carbocycles. The van der Waals surface area contributed by atoms with Crippen molar-refractivity contribution in [3.63, 3.8) is 0 Å². The Morgan fingerprint density at radius 1 is 0.292 bits per heavy atom. The number of fused-ring (bicyclic) bond motifs is 8. The topological polar surface area (TPSA) is 19.6 Å². The summed E-state index contributed by atoms with van der Waals surface area (Å²) in [5.41, 5.74) is 14.9. The van der Waals surface area contributed by atoms with Crippen molar-refractivity contribution in [2.45, 2.75) is 0 Å². The standard InChI is InChI=1S/C68H45FN2O/c69-63-44-51(46-20-6-1-7-21-46)43-61(49-24-10-3-11-25-49)67(63)71(53-28-14-5-15-29-53)55-39-41-60-65(45-55)72-68-59-40-36-50(42-62(59)57-31-16-17-32-58(57)66(60)68)47-34-37-54(38-35-47)70(52-26-12-4-13-27-52)64-33-19-18-30-56(64)48-22-8-2-9-23-48/h1-45H. The maximum atomic E-state index is 17.3. The van der Waals surface area contributed by atoms with Gasteiger partial charge in [-0.3, -0.25) is 0 Å². The fraction of sp³-hybridized carbons (Fsp3) is 0. The van der Waals surface area contributed by atoms with Crippen molar-refractivity contribution in [1.82, 2.24) is 0 Å². The van der Waals surface area contributed by atoms with Crippen molar-refractivity contribution >= 4 is 77.6 Å². The Kier molecular flexibility index (Phi) is 10.7. The lowest BCUT2D eigenvalue weighted by molar-refractivity contribution is 0.629. The van der Waals surface area contributed by atoms with Gasteiger partial charge in [-0.05, 0) is 128 Å². The Hall–Kier alpha value is -9.51. The van der Waals surface area contributed by atoms with Gasteiger partial charge in [0.2, 0.25) is 0 Å². The second-order valence-electron chi connectivity index (χ2n) is 18.2. The zero-order chi connectivity index (χ0) is 48.0. The molecule has 0 radical (unpaired) electrons. The van der Waals surface area contributed by atoms with Crippen LogP contribution in [0, 0.1) is 5.82 Å². The summed E-state index contributed by atoms with van der Waals surface area (Å²) in [7, 11) is 0. The quantitative estimate of drug-likeness (QED) is 0.127. The summed E-state index contributed by atoms with van der Waals surface area (Å²) in [6.07, 6.45) is 0. The van der Waals surface area contributed by atoms with Crippen LogP contribution >= 0.6 is 0 Å². The number of nitrogens with zero attached hydrogens (tertiary/aromatic N) is 2. The van der Waals surface area contributed by atoms with Crippen LogP contribution in [0.15, 0.2) is 277 Å². The van der Waals surface area contributed by atoms with Crippen molar-refractivity contribution in [3.8, 4) is 44.5 Å². The van der Waals surface area contributed by atoms with Gasteiger partial charge in [0.25, 0.3) is 0 Å². The fourth-order valence-corrected chi connectivity index (χ4v) is 10.5. The van der Waals surface area contributed by atoms with Gasteiger partial charge in [-0.1, -0.05) is 188 Å². The van der Waals surface area contributed by atoms with E-state index in [4.69, 9.17) is 4.42 Å². The van der Waals surface area contributed by atoms with Gasteiger partial charge in [-0.25, -0.2) is 4.39 Å². The molecule has 0 aliphatic rings. The predicted molar refractivity (Wildman–Crippen MR) is 300 cm³/mol. The highest BCUT2D eigenvalue weighted by Gasteiger charge is 2.25. The number of halogens is 1. The minimum Gasteiger partial charge on any atom is -0.455 e. The van der Waals surface area contributed by atoms with Gasteiger partial charge in [0.1, 0.15) is 17.0 Å². The van der Waals surface area contributed by atoms with E-state index >= 15 is 4.39 Å².